The van der Waals surface area contributed by atoms with E-state index in [1.54, 1.807) is 38.8 Å². The zero-order chi connectivity index (χ0) is 31.4. The number of nitrogens with one attached hydrogen (secondary N) is 1. The number of likely N-dealkylation sites (N-methyl/N-ethyl adjacent to an activating group) is 1. The molecule has 2 amide bonds. The quantitative estimate of drug-likeness (QED) is 0.274. The lowest BCUT2D eigenvalue weighted by Crippen LogP contribution is -2.40. The van der Waals surface area contributed by atoms with E-state index >= 15 is 0 Å². The van der Waals surface area contributed by atoms with Crippen molar-refractivity contribution in [2.45, 2.75) is 45.3 Å². The largest absolute Gasteiger partial charge is 0.457 e. The Morgan fingerprint density at radius 1 is 1.11 bits per heavy atom. The number of likely N-dealkylation sites (tertiary alicyclic amines) is 1. The van der Waals surface area contributed by atoms with Crippen LogP contribution in [0.2, 0.25) is 0 Å². The van der Waals surface area contributed by atoms with E-state index in [-0.39, 0.29) is 29.9 Å². The number of nitrogen functional groups attached to an aromatic ring is 1. The topological polar surface area (TPSA) is 136 Å². The number of hydrogen-bond acceptors (Lipinski definition) is 7. The van der Waals surface area contributed by atoms with Gasteiger partial charge in [0.05, 0.1) is 11.4 Å². The lowest BCUT2D eigenvalue weighted by Gasteiger charge is -2.33. The predicted molar refractivity (Wildman–Crippen MR) is 170 cm³/mol. The molecule has 1 fully saturated rings. The summed E-state index contributed by atoms with van der Waals surface area (Å²) in [7, 11) is 1.62. The smallest absolute Gasteiger partial charge is 0.410 e. The fourth-order valence-electron chi connectivity index (χ4n) is 5.28. The first-order valence-electron chi connectivity index (χ1n) is 14.6. The normalized spacial score (nSPS) is 15.5. The maximum atomic E-state index is 13.1. The van der Waals surface area contributed by atoms with E-state index in [0.717, 1.165) is 29.7 Å². The van der Waals surface area contributed by atoms with E-state index in [1.807, 2.05) is 65.4 Å². The van der Waals surface area contributed by atoms with Crippen LogP contribution in [0.4, 0.5) is 10.6 Å². The van der Waals surface area contributed by atoms with Crippen LogP contribution < -0.4 is 16.0 Å². The molecule has 1 aliphatic heterocycles. The van der Waals surface area contributed by atoms with E-state index in [0.29, 0.717) is 29.7 Å². The van der Waals surface area contributed by atoms with Crippen LogP contribution in [0.25, 0.3) is 22.0 Å². The minimum atomic E-state index is -0.598. The summed E-state index contributed by atoms with van der Waals surface area (Å²) in [5.74, 6) is 1.48. The van der Waals surface area contributed by atoms with Crippen LogP contribution in [0.5, 0.6) is 11.5 Å². The fourth-order valence-corrected chi connectivity index (χ4v) is 5.28. The second-order valence-corrected chi connectivity index (χ2v) is 11.9. The van der Waals surface area contributed by atoms with Crippen molar-refractivity contribution < 1.29 is 19.1 Å². The number of nitrogens with two attached hydrogens (primary N) is 1. The molecule has 3 heterocycles. The van der Waals surface area contributed by atoms with Gasteiger partial charge in [0.1, 0.15) is 22.6 Å². The Balaban J connectivity index is 1.35. The maximum absolute atomic E-state index is 13.1. The van der Waals surface area contributed by atoms with Gasteiger partial charge < -0.3 is 29.6 Å². The van der Waals surface area contributed by atoms with Gasteiger partial charge in [0.25, 0.3) is 5.56 Å². The number of piperidine rings is 1. The molecule has 1 aliphatic rings. The molecule has 4 aromatic rings. The summed E-state index contributed by atoms with van der Waals surface area (Å²) in [6.45, 7) is 6.66. The average Bonchev–Trinajstić information content (AvgIpc) is 3.41. The van der Waals surface area contributed by atoms with E-state index in [2.05, 4.69) is 10.2 Å². The van der Waals surface area contributed by atoms with Crippen molar-refractivity contribution in [2.24, 2.45) is 0 Å². The molecule has 0 bridgehead atoms. The number of nitrogens with zero attached hydrogens (tertiary/aromatic N) is 4. The molecule has 0 spiro atoms. The molecular weight excluding hydrogens is 560 g/mol. The van der Waals surface area contributed by atoms with Crippen LogP contribution in [0.1, 0.15) is 39.7 Å². The monoisotopic (exact) mass is 598 g/mol. The Bertz CT molecular complexity index is 1720. The van der Waals surface area contributed by atoms with E-state index < -0.39 is 11.7 Å². The molecule has 0 unspecified atom stereocenters. The van der Waals surface area contributed by atoms with Crippen LogP contribution in [-0.2, 0) is 9.53 Å². The molecule has 1 saturated heterocycles. The van der Waals surface area contributed by atoms with Gasteiger partial charge in [-0.2, -0.15) is 5.10 Å². The predicted octanol–water partition coefficient (Wildman–Crippen LogP) is 5.35. The summed E-state index contributed by atoms with van der Waals surface area (Å²) in [6, 6.07) is 17.0. The highest BCUT2D eigenvalue weighted by atomic mass is 16.6. The Labute approximate surface area is 255 Å². The van der Waals surface area contributed by atoms with Crippen molar-refractivity contribution in [3.05, 3.63) is 83.3 Å². The molecule has 3 N–H and O–H groups in total. The van der Waals surface area contributed by atoms with Gasteiger partial charge in [0.2, 0.25) is 5.91 Å². The lowest BCUT2D eigenvalue weighted by molar-refractivity contribution is -0.127. The molecule has 11 heteroatoms. The van der Waals surface area contributed by atoms with Crippen LogP contribution in [0.3, 0.4) is 0 Å². The van der Waals surface area contributed by atoms with E-state index in [9.17, 15) is 14.4 Å². The Morgan fingerprint density at radius 2 is 1.82 bits per heavy atom. The van der Waals surface area contributed by atoms with Gasteiger partial charge in [-0.15, -0.1) is 0 Å². The lowest BCUT2D eigenvalue weighted by atomic mass is 10.1. The number of fused-ring (bicyclic) bond motifs is 1. The standard InChI is InChI=1S/C33H38N6O5/c1-33(2,3)44-32(42)37(4)18-9-13-27(40)38-19-8-10-23(20-38)39-21-26(28-29(39)31(41)36-35-30(28)34)22-14-16-25(17-15-22)43-24-11-6-5-7-12-24/h5-7,9,11-17,21,23H,8,10,18-20H2,1-4H3,(H2,34,35)(H,36,41)/t23-/m1/s1. The molecule has 2 aromatic carbocycles. The number of para-hydroxylation sites is 1. The molecule has 44 heavy (non-hydrogen) atoms. The molecular formula is C33H38N6O5. The number of amides is 2. The highest BCUT2D eigenvalue weighted by molar-refractivity contribution is 6.02. The van der Waals surface area contributed by atoms with Crippen LogP contribution >= 0.6 is 0 Å². The number of hydrogen-bond donors (Lipinski definition) is 2. The number of rotatable bonds is 7. The summed E-state index contributed by atoms with van der Waals surface area (Å²) >= 11 is 0. The molecule has 230 valence electrons. The molecule has 2 aromatic heterocycles. The fraction of sp³-hybridized carbons (Fsp3) is 0.333. The van der Waals surface area contributed by atoms with E-state index in [1.165, 1.54) is 11.0 Å². The van der Waals surface area contributed by atoms with Gasteiger partial charge >= 0.3 is 6.09 Å². The highest BCUT2D eigenvalue weighted by Gasteiger charge is 2.28. The number of anilines is 1. The number of aromatic nitrogens is 3. The Morgan fingerprint density at radius 3 is 2.52 bits per heavy atom. The van der Waals surface area contributed by atoms with Crippen molar-refractivity contribution in [1.29, 1.82) is 0 Å². The van der Waals surface area contributed by atoms with Crippen LogP contribution in [0, 0.1) is 0 Å². The van der Waals surface area contributed by atoms with Gasteiger partial charge in [-0.25, -0.2) is 9.89 Å². The molecule has 5 rings (SSSR count). The number of aromatic amines is 1. The second kappa shape index (κ2) is 12.7. The second-order valence-electron chi connectivity index (χ2n) is 11.9. The van der Waals surface area contributed by atoms with Crippen molar-refractivity contribution in [3.8, 4) is 22.6 Å². The summed E-state index contributed by atoms with van der Waals surface area (Å²) in [6.07, 6.45) is 6.15. The van der Waals surface area contributed by atoms with Gasteiger partial charge in [0, 0.05) is 44.5 Å². The number of H-pyrrole nitrogens is 1. The van der Waals surface area contributed by atoms with Crippen molar-refractivity contribution >= 4 is 28.7 Å². The van der Waals surface area contributed by atoms with Gasteiger partial charge in [-0.05, 0) is 63.4 Å². The molecule has 1 atom stereocenters. The van der Waals surface area contributed by atoms with Gasteiger partial charge in [-0.1, -0.05) is 36.4 Å². The summed E-state index contributed by atoms with van der Waals surface area (Å²) in [5.41, 5.74) is 7.42. The molecule has 0 radical (unpaired) electrons. The maximum Gasteiger partial charge on any atom is 0.410 e. The number of carbonyl (C=O) groups is 2. The molecule has 11 nitrogen and oxygen atoms in total. The minimum absolute atomic E-state index is 0.148. The zero-order valence-corrected chi connectivity index (χ0v) is 25.4. The third-order valence-electron chi connectivity index (χ3n) is 7.37. The summed E-state index contributed by atoms with van der Waals surface area (Å²) in [5, 5.41) is 7.12. The Hall–Kier alpha value is -5.06. The first-order chi connectivity index (χ1) is 21.0. The molecule has 0 aliphatic carbocycles. The number of carbonyl (C=O) groups excluding carboxylic acids is 2. The SMILES string of the molecule is CN(CC=CC(=O)N1CCC[C@@H](n2cc(-c3ccc(Oc4ccccc4)cc3)c3c(N)n[nH]c(=O)c32)C1)C(=O)OC(C)(C)C. The van der Waals surface area contributed by atoms with Crippen LogP contribution in [0.15, 0.2) is 77.7 Å². The van der Waals surface area contributed by atoms with Gasteiger partial charge in [0.15, 0.2) is 5.82 Å². The summed E-state index contributed by atoms with van der Waals surface area (Å²) in [4.78, 5) is 41.6. The highest BCUT2D eigenvalue weighted by Crippen LogP contribution is 2.36. The van der Waals surface area contributed by atoms with Crippen molar-refractivity contribution in [3.63, 3.8) is 0 Å². The minimum Gasteiger partial charge on any atom is -0.457 e. The third-order valence-corrected chi connectivity index (χ3v) is 7.37. The van der Waals surface area contributed by atoms with Crippen LogP contribution in [-0.4, -0.2) is 68.8 Å². The first-order valence-corrected chi connectivity index (χ1v) is 14.6. The van der Waals surface area contributed by atoms with Gasteiger partial charge in [-0.3, -0.25) is 9.59 Å². The zero-order valence-electron chi connectivity index (χ0n) is 25.4. The Kier molecular flexibility index (Phi) is 8.75. The number of benzene rings is 2. The van der Waals surface area contributed by atoms with Crippen molar-refractivity contribution in [2.75, 3.05) is 32.4 Å². The first kappa shape index (κ1) is 30.4. The molecule has 0 saturated carbocycles. The summed E-state index contributed by atoms with van der Waals surface area (Å²) < 4.78 is 13.2. The average molecular weight is 599 g/mol. The van der Waals surface area contributed by atoms with Crippen molar-refractivity contribution in [1.82, 2.24) is 24.6 Å². The van der Waals surface area contributed by atoms with E-state index in [4.69, 9.17) is 15.2 Å². The third kappa shape index (κ3) is 6.94. The number of ether oxygens (including phenoxy) is 2.